The number of nitrogens with zero attached hydrogens (tertiary/aromatic N) is 1. The fourth-order valence-electron chi connectivity index (χ4n) is 2.48. The summed E-state index contributed by atoms with van der Waals surface area (Å²) in [6.45, 7) is 4.42. The summed E-state index contributed by atoms with van der Waals surface area (Å²) in [7, 11) is 0. The van der Waals surface area contributed by atoms with Gasteiger partial charge in [0, 0.05) is 24.2 Å². The number of nitrogens with one attached hydrogen (secondary N) is 1. The zero-order valence-electron chi connectivity index (χ0n) is 15.0. The molecule has 0 atom stereocenters. The van der Waals surface area contributed by atoms with Gasteiger partial charge < -0.3 is 15.0 Å². The maximum Gasteiger partial charge on any atom is 0.243 e. The minimum atomic E-state index is -0.240. The summed E-state index contributed by atoms with van der Waals surface area (Å²) in [5.74, 6) is 0.363. The Morgan fingerprint density at radius 2 is 1.88 bits per heavy atom. The third-order valence-corrected chi connectivity index (χ3v) is 4.02. The average molecular weight is 375 g/mol. The zero-order valence-corrected chi connectivity index (χ0v) is 15.8. The van der Waals surface area contributed by atoms with Crippen LogP contribution in [0.4, 0.5) is 5.69 Å². The molecule has 0 saturated heterocycles. The van der Waals surface area contributed by atoms with Crippen molar-refractivity contribution in [3.63, 3.8) is 0 Å². The quantitative estimate of drug-likeness (QED) is 0.765. The van der Waals surface area contributed by atoms with Crippen molar-refractivity contribution in [2.24, 2.45) is 0 Å². The number of anilines is 1. The first-order chi connectivity index (χ1) is 12.5. The van der Waals surface area contributed by atoms with E-state index in [1.54, 1.807) is 30.3 Å². The van der Waals surface area contributed by atoms with E-state index in [1.165, 1.54) is 11.8 Å². The number of carbonyl (C=O) groups is 2. The first-order valence-corrected chi connectivity index (χ1v) is 8.88. The van der Waals surface area contributed by atoms with Gasteiger partial charge in [-0.05, 0) is 55.3 Å². The highest BCUT2D eigenvalue weighted by atomic mass is 35.5. The predicted octanol–water partition coefficient (Wildman–Crippen LogP) is 3.77. The Hall–Kier alpha value is -2.53. The maximum atomic E-state index is 12.2. The summed E-state index contributed by atoms with van der Waals surface area (Å²) in [4.78, 5) is 25.6. The molecule has 0 unspecified atom stereocenters. The lowest BCUT2D eigenvalue weighted by Crippen LogP contribution is -2.38. The predicted molar refractivity (Wildman–Crippen MR) is 104 cm³/mol. The lowest BCUT2D eigenvalue weighted by atomic mass is 10.1. The molecule has 2 aromatic rings. The first-order valence-electron chi connectivity index (χ1n) is 8.50. The van der Waals surface area contributed by atoms with Crippen LogP contribution in [0.25, 0.3) is 0 Å². The standard InChI is InChI=1S/C20H23ClN2O3/c1-3-26-19-9-7-18(8-10-19)22-20(25)14-23(15(2)24)12-11-16-5-4-6-17(21)13-16/h4-10,13H,3,11-12,14H2,1-2H3,(H,22,25). The summed E-state index contributed by atoms with van der Waals surface area (Å²) in [6.07, 6.45) is 0.635. The van der Waals surface area contributed by atoms with Gasteiger partial charge in [-0.2, -0.15) is 0 Å². The molecule has 0 bridgehead atoms. The Morgan fingerprint density at radius 1 is 1.15 bits per heavy atom. The highest BCUT2D eigenvalue weighted by Crippen LogP contribution is 2.16. The van der Waals surface area contributed by atoms with Crippen molar-refractivity contribution in [1.82, 2.24) is 4.90 Å². The molecule has 0 heterocycles. The number of hydrogen-bond donors (Lipinski definition) is 1. The molecule has 138 valence electrons. The van der Waals surface area contributed by atoms with Crippen LogP contribution in [0.2, 0.25) is 5.02 Å². The Bertz CT molecular complexity index is 747. The largest absolute Gasteiger partial charge is 0.494 e. The van der Waals surface area contributed by atoms with Gasteiger partial charge >= 0.3 is 0 Å². The van der Waals surface area contributed by atoms with Gasteiger partial charge in [0.05, 0.1) is 13.2 Å². The molecule has 0 saturated carbocycles. The Labute approximate surface area is 158 Å². The van der Waals surface area contributed by atoms with Gasteiger partial charge in [0.25, 0.3) is 0 Å². The Balaban J connectivity index is 1.89. The summed E-state index contributed by atoms with van der Waals surface area (Å²) in [5, 5.41) is 3.45. The second kappa shape index (κ2) is 9.82. The van der Waals surface area contributed by atoms with E-state index in [1.807, 2.05) is 25.1 Å². The number of rotatable bonds is 8. The molecule has 2 amide bonds. The van der Waals surface area contributed by atoms with Crippen LogP contribution in [0.3, 0.4) is 0 Å². The van der Waals surface area contributed by atoms with E-state index in [4.69, 9.17) is 16.3 Å². The second-order valence-corrected chi connectivity index (χ2v) is 6.26. The van der Waals surface area contributed by atoms with Gasteiger partial charge in [-0.1, -0.05) is 23.7 Å². The van der Waals surface area contributed by atoms with E-state index >= 15 is 0 Å². The van der Waals surface area contributed by atoms with Gasteiger partial charge in [0.2, 0.25) is 11.8 Å². The molecular formula is C20H23ClN2O3. The van der Waals surface area contributed by atoms with Crippen molar-refractivity contribution in [3.05, 3.63) is 59.1 Å². The van der Waals surface area contributed by atoms with Gasteiger partial charge in [-0.25, -0.2) is 0 Å². The van der Waals surface area contributed by atoms with Crippen molar-refractivity contribution < 1.29 is 14.3 Å². The minimum Gasteiger partial charge on any atom is -0.494 e. The topological polar surface area (TPSA) is 58.6 Å². The molecule has 6 heteroatoms. The molecule has 0 spiro atoms. The number of amides is 2. The van der Waals surface area contributed by atoms with E-state index in [0.717, 1.165) is 11.3 Å². The first kappa shape index (κ1) is 19.8. The van der Waals surface area contributed by atoms with Crippen LogP contribution in [-0.2, 0) is 16.0 Å². The van der Waals surface area contributed by atoms with E-state index < -0.39 is 0 Å². The summed E-state index contributed by atoms with van der Waals surface area (Å²) >= 11 is 5.97. The van der Waals surface area contributed by atoms with Crippen LogP contribution < -0.4 is 10.1 Å². The maximum absolute atomic E-state index is 12.2. The van der Waals surface area contributed by atoms with Gasteiger partial charge in [0.15, 0.2) is 0 Å². The number of carbonyl (C=O) groups excluding carboxylic acids is 2. The molecule has 1 N–H and O–H groups in total. The third-order valence-electron chi connectivity index (χ3n) is 3.79. The van der Waals surface area contributed by atoms with Crippen LogP contribution in [0.1, 0.15) is 19.4 Å². The fraction of sp³-hybridized carbons (Fsp3) is 0.300. The smallest absolute Gasteiger partial charge is 0.243 e. The average Bonchev–Trinajstić information content (AvgIpc) is 2.60. The number of hydrogen-bond acceptors (Lipinski definition) is 3. The minimum absolute atomic E-state index is 0.00309. The molecule has 0 aromatic heterocycles. The molecule has 0 aliphatic carbocycles. The second-order valence-electron chi connectivity index (χ2n) is 5.83. The van der Waals surface area contributed by atoms with Gasteiger partial charge in [-0.3, -0.25) is 9.59 Å². The number of benzene rings is 2. The summed E-state index contributed by atoms with van der Waals surface area (Å²) in [6, 6.07) is 14.6. The molecule has 26 heavy (non-hydrogen) atoms. The molecule has 2 aromatic carbocycles. The van der Waals surface area contributed by atoms with Crippen LogP contribution in [-0.4, -0.2) is 36.4 Å². The molecule has 5 nitrogen and oxygen atoms in total. The number of ether oxygens (including phenoxy) is 1. The van der Waals surface area contributed by atoms with Crippen molar-refractivity contribution >= 4 is 29.1 Å². The molecular weight excluding hydrogens is 352 g/mol. The van der Waals surface area contributed by atoms with Gasteiger partial charge in [0.1, 0.15) is 5.75 Å². The Morgan fingerprint density at radius 3 is 2.50 bits per heavy atom. The molecule has 2 rings (SSSR count). The van der Waals surface area contributed by atoms with Gasteiger partial charge in [-0.15, -0.1) is 0 Å². The highest BCUT2D eigenvalue weighted by Gasteiger charge is 2.14. The molecule has 0 fully saturated rings. The zero-order chi connectivity index (χ0) is 18.9. The lowest BCUT2D eigenvalue weighted by molar-refractivity contribution is -0.132. The molecule has 0 radical (unpaired) electrons. The van der Waals surface area contributed by atoms with Crippen molar-refractivity contribution in [3.8, 4) is 5.75 Å². The summed E-state index contributed by atoms with van der Waals surface area (Å²) < 4.78 is 5.37. The van der Waals surface area contributed by atoms with E-state index in [2.05, 4.69) is 5.32 Å². The van der Waals surface area contributed by atoms with Crippen LogP contribution >= 0.6 is 11.6 Å². The fourth-order valence-corrected chi connectivity index (χ4v) is 2.69. The highest BCUT2D eigenvalue weighted by molar-refractivity contribution is 6.30. The molecule has 0 aliphatic rings. The third kappa shape index (κ3) is 6.41. The SMILES string of the molecule is CCOc1ccc(NC(=O)CN(CCc2cccc(Cl)c2)C(C)=O)cc1. The van der Waals surface area contributed by atoms with E-state index in [0.29, 0.717) is 30.3 Å². The number of halogens is 1. The normalized spacial score (nSPS) is 10.3. The Kier molecular flexibility index (Phi) is 7.48. The van der Waals surface area contributed by atoms with Crippen molar-refractivity contribution in [2.75, 3.05) is 25.0 Å². The summed E-state index contributed by atoms with van der Waals surface area (Å²) in [5.41, 5.74) is 1.69. The lowest BCUT2D eigenvalue weighted by Gasteiger charge is -2.20. The van der Waals surface area contributed by atoms with E-state index in [9.17, 15) is 9.59 Å². The van der Waals surface area contributed by atoms with Crippen molar-refractivity contribution in [2.45, 2.75) is 20.3 Å². The molecule has 0 aliphatic heterocycles. The van der Waals surface area contributed by atoms with Crippen LogP contribution in [0.5, 0.6) is 5.75 Å². The van der Waals surface area contributed by atoms with E-state index in [-0.39, 0.29) is 18.4 Å². The van der Waals surface area contributed by atoms with Crippen molar-refractivity contribution in [1.29, 1.82) is 0 Å². The van der Waals surface area contributed by atoms with Crippen LogP contribution in [0, 0.1) is 0 Å². The monoisotopic (exact) mass is 374 g/mol. The van der Waals surface area contributed by atoms with Crippen LogP contribution in [0.15, 0.2) is 48.5 Å².